The lowest BCUT2D eigenvalue weighted by Crippen LogP contribution is -2.15. The minimum Gasteiger partial charge on any atom is -0.366 e. The van der Waals surface area contributed by atoms with E-state index >= 15 is 0 Å². The fourth-order valence-corrected chi connectivity index (χ4v) is 5.39. The van der Waals surface area contributed by atoms with E-state index in [-0.39, 0.29) is 18.9 Å². The molecule has 10 heteroatoms. The van der Waals surface area contributed by atoms with Gasteiger partial charge in [-0.3, -0.25) is 19.4 Å². The maximum atomic E-state index is 13.4. The lowest BCUT2D eigenvalue weighted by molar-refractivity contribution is -0.115. The van der Waals surface area contributed by atoms with Crippen LogP contribution in [0.3, 0.4) is 0 Å². The highest BCUT2D eigenvalue weighted by molar-refractivity contribution is 6.20. The molecule has 7 N–H and O–H groups in total. The van der Waals surface area contributed by atoms with Gasteiger partial charge >= 0.3 is 0 Å². The molecule has 2 aromatic heterocycles. The summed E-state index contributed by atoms with van der Waals surface area (Å²) in [4.78, 5) is 45.4. The minimum absolute atomic E-state index is 0.101. The number of pyridine rings is 1. The number of carbonyl (C=O) groups is 3. The average molecular weight is 587 g/mol. The van der Waals surface area contributed by atoms with Crippen molar-refractivity contribution < 1.29 is 18.8 Å². The summed E-state index contributed by atoms with van der Waals surface area (Å²) in [5.41, 5.74) is 17.9. The quantitative estimate of drug-likeness (QED) is 0.159. The molecule has 6 aromatic rings. The van der Waals surface area contributed by atoms with Crippen molar-refractivity contribution in [2.45, 2.75) is 13.0 Å². The summed E-state index contributed by atoms with van der Waals surface area (Å²) in [6, 6.07) is 23.2. The van der Waals surface area contributed by atoms with Gasteiger partial charge in [0, 0.05) is 52.2 Å². The normalized spacial score (nSPS) is 11.0. The summed E-state index contributed by atoms with van der Waals surface area (Å²) in [5, 5.41) is 7.34. The van der Waals surface area contributed by atoms with Crippen LogP contribution in [0, 0.1) is 5.82 Å². The van der Waals surface area contributed by atoms with Crippen LogP contribution in [0.1, 0.15) is 31.8 Å². The van der Waals surface area contributed by atoms with Gasteiger partial charge < -0.3 is 27.1 Å². The summed E-state index contributed by atoms with van der Waals surface area (Å²) >= 11 is 0. The molecule has 0 saturated carbocycles. The SMILES string of the molecule is NCc1c(NC(=O)c2ccc(F)cc2)cccc1-c1ccc(C(N)=O)c2[nH]c3cc(NC(=O)Cc4cccnc4)ccc3c12. The summed E-state index contributed by atoms with van der Waals surface area (Å²) < 4.78 is 13.4. The standard InChI is InChI=1S/C34H27FN6O3/c35-21-8-6-20(7-9-21)34(44)41-28-5-1-4-23(27(28)17-36)24-12-13-26(33(37)43)32-31(24)25-11-10-22(16-29(25)40-32)39-30(42)15-19-3-2-14-38-18-19/h1-14,16,18,40H,15,17,36H2,(H2,37,43)(H,39,42)(H,41,44). The van der Waals surface area contributed by atoms with Crippen molar-refractivity contribution in [2.24, 2.45) is 11.5 Å². The first-order chi connectivity index (χ1) is 21.3. The van der Waals surface area contributed by atoms with Crippen molar-refractivity contribution >= 4 is 50.9 Å². The highest BCUT2D eigenvalue weighted by Crippen LogP contribution is 2.40. The van der Waals surface area contributed by atoms with Crippen LogP contribution in [0.2, 0.25) is 0 Å². The van der Waals surface area contributed by atoms with Crippen LogP contribution in [-0.4, -0.2) is 27.7 Å². The first-order valence-electron chi connectivity index (χ1n) is 13.8. The third-order valence-electron chi connectivity index (χ3n) is 7.42. The molecule has 0 bridgehead atoms. The zero-order valence-corrected chi connectivity index (χ0v) is 23.4. The second-order valence-electron chi connectivity index (χ2n) is 10.2. The van der Waals surface area contributed by atoms with Crippen molar-refractivity contribution in [3.8, 4) is 11.1 Å². The van der Waals surface area contributed by atoms with Gasteiger partial charge in [0.1, 0.15) is 5.82 Å². The molecule has 218 valence electrons. The molecule has 2 heterocycles. The van der Waals surface area contributed by atoms with Crippen LogP contribution in [0.5, 0.6) is 0 Å². The maximum absolute atomic E-state index is 13.4. The number of hydrogen-bond acceptors (Lipinski definition) is 5. The number of halogens is 1. The first-order valence-corrected chi connectivity index (χ1v) is 13.8. The number of hydrogen-bond donors (Lipinski definition) is 5. The molecule has 44 heavy (non-hydrogen) atoms. The summed E-state index contributed by atoms with van der Waals surface area (Å²) in [6.07, 6.45) is 3.47. The third kappa shape index (κ3) is 5.49. The van der Waals surface area contributed by atoms with E-state index < -0.39 is 17.6 Å². The number of nitrogens with zero attached hydrogens (tertiary/aromatic N) is 1. The number of rotatable bonds is 8. The van der Waals surface area contributed by atoms with Gasteiger partial charge in [-0.2, -0.15) is 0 Å². The monoisotopic (exact) mass is 586 g/mol. The summed E-state index contributed by atoms with van der Waals surface area (Å²) in [7, 11) is 0. The lowest BCUT2D eigenvalue weighted by Gasteiger charge is -2.16. The Morgan fingerprint density at radius 1 is 0.886 bits per heavy atom. The smallest absolute Gasteiger partial charge is 0.255 e. The minimum atomic E-state index is -0.600. The van der Waals surface area contributed by atoms with Crippen molar-refractivity contribution in [3.05, 3.63) is 125 Å². The molecule has 0 aliphatic rings. The van der Waals surface area contributed by atoms with E-state index in [0.717, 1.165) is 27.5 Å². The van der Waals surface area contributed by atoms with Gasteiger partial charge in [-0.15, -0.1) is 0 Å². The lowest BCUT2D eigenvalue weighted by atomic mass is 9.92. The van der Waals surface area contributed by atoms with E-state index in [1.165, 1.54) is 24.3 Å². The molecule has 3 amide bonds. The van der Waals surface area contributed by atoms with Gasteiger partial charge in [0.25, 0.3) is 11.8 Å². The highest BCUT2D eigenvalue weighted by atomic mass is 19.1. The number of H-pyrrole nitrogens is 1. The number of carbonyl (C=O) groups excluding carboxylic acids is 3. The van der Waals surface area contributed by atoms with E-state index in [4.69, 9.17) is 11.5 Å². The van der Waals surface area contributed by atoms with Gasteiger partial charge in [0.15, 0.2) is 0 Å². The molecule has 0 radical (unpaired) electrons. The Hall–Kier alpha value is -5.87. The average Bonchev–Trinajstić information content (AvgIpc) is 3.40. The molecule has 0 fully saturated rings. The van der Waals surface area contributed by atoms with Crippen molar-refractivity contribution in [2.75, 3.05) is 10.6 Å². The molecule has 0 spiro atoms. The maximum Gasteiger partial charge on any atom is 0.255 e. The van der Waals surface area contributed by atoms with Crippen LogP contribution in [0.25, 0.3) is 32.9 Å². The predicted octanol–water partition coefficient (Wildman–Crippen LogP) is 5.51. The molecule has 9 nitrogen and oxygen atoms in total. The number of nitrogens with one attached hydrogen (secondary N) is 3. The van der Waals surface area contributed by atoms with E-state index in [2.05, 4.69) is 20.6 Å². The van der Waals surface area contributed by atoms with Gasteiger partial charge in [-0.05, 0) is 76.9 Å². The molecular formula is C34H27FN6O3. The van der Waals surface area contributed by atoms with Gasteiger partial charge in [0.05, 0.1) is 17.5 Å². The largest absolute Gasteiger partial charge is 0.366 e. The van der Waals surface area contributed by atoms with E-state index in [1.807, 2.05) is 18.2 Å². The number of fused-ring (bicyclic) bond motifs is 3. The van der Waals surface area contributed by atoms with Crippen LogP contribution in [-0.2, 0) is 17.8 Å². The zero-order valence-electron chi connectivity index (χ0n) is 23.4. The Labute approximate surface area is 251 Å². The van der Waals surface area contributed by atoms with E-state index in [9.17, 15) is 18.8 Å². The summed E-state index contributed by atoms with van der Waals surface area (Å²) in [6.45, 7) is 0.101. The molecule has 6 rings (SSSR count). The molecule has 4 aromatic carbocycles. The number of primary amides is 1. The Kier molecular flexibility index (Phi) is 7.57. The number of amides is 3. The highest BCUT2D eigenvalue weighted by Gasteiger charge is 2.20. The zero-order chi connectivity index (χ0) is 30.8. The molecule has 0 unspecified atom stereocenters. The number of aromatic amines is 1. The Morgan fingerprint density at radius 3 is 2.43 bits per heavy atom. The van der Waals surface area contributed by atoms with Crippen LogP contribution < -0.4 is 22.1 Å². The number of nitrogens with two attached hydrogens (primary N) is 2. The van der Waals surface area contributed by atoms with Gasteiger partial charge in [-0.25, -0.2) is 4.39 Å². The van der Waals surface area contributed by atoms with E-state index in [0.29, 0.717) is 39.1 Å². The van der Waals surface area contributed by atoms with Crippen LogP contribution >= 0.6 is 0 Å². The summed E-state index contributed by atoms with van der Waals surface area (Å²) in [5.74, 6) is -1.64. The fraction of sp³-hybridized carbons (Fsp3) is 0.0588. The Balaban J connectivity index is 1.41. The first kappa shape index (κ1) is 28.3. The topological polar surface area (TPSA) is 156 Å². The number of anilines is 2. The van der Waals surface area contributed by atoms with Crippen molar-refractivity contribution in [1.82, 2.24) is 9.97 Å². The van der Waals surface area contributed by atoms with Gasteiger partial charge in [0.2, 0.25) is 5.91 Å². The Bertz CT molecular complexity index is 2060. The van der Waals surface area contributed by atoms with Crippen molar-refractivity contribution in [1.29, 1.82) is 0 Å². The second-order valence-corrected chi connectivity index (χ2v) is 10.2. The molecular weight excluding hydrogens is 559 g/mol. The Morgan fingerprint density at radius 2 is 1.70 bits per heavy atom. The molecule has 0 aliphatic carbocycles. The molecule has 0 aliphatic heterocycles. The third-order valence-corrected chi connectivity index (χ3v) is 7.42. The predicted molar refractivity (Wildman–Crippen MR) is 169 cm³/mol. The van der Waals surface area contributed by atoms with Crippen LogP contribution in [0.15, 0.2) is 97.3 Å². The molecule has 0 atom stereocenters. The second kappa shape index (κ2) is 11.8. The number of benzene rings is 4. The van der Waals surface area contributed by atoms with Gasteiger partial charge in [-0.1, -0.05) is 30.3 Å². The fourth-order valence-electron chi connectivity index (χ4n) is 5.39. The van der Waals surface area contributed by atoms with E-state index in [1.54, 1.807) is 54.9 Å². The van der Waals surface area contributed by atoms with Crippen molar-refractivity contribution in [3.63, 3.8) is 0 Å². The van der Waals surface area contributed by atoms with Crippen LogP contribution in [0.4, 0.5) is 15.8 Å². The number of aromatic nitrogens is 2. The molecule has 0 saturated heterocycles.